The monoisotopic (exact) mass is 647 g/mol. The number of alkyl halides is 6. The van der Waals surface area contributed by atoms with Crippen LogP contribution in [0.3, 0.4) is 0 Å². The lowest BCUT2D eigenvalue weighted by Crippen LogP contribution is -2.31. The van der Waals surface area contributed by atoms with Gasteiger partial charge in [0.1, 0.15) is 5.82 Å². The van der Waals surface area contributed by atoms with Gasteiger partial charge >= 0.3 is 24.3 Å². The van der Waals surface area contributed by atoms with Gasteiger partial charge in [-0.25, -0.2) is 14.6 Å². The van der Waals surface area contributed by atoms with Gasteiger partial charge in [0, 0.05) is 29.2 Å². The molecular weight excluding hydrogens is 628 g/mol. The molecule has 0 radical (unpaired) electrons. The van der Waals surface area contributed by atoms with Crippen molar-refractivity contribution in [1.82, 2.24) is 9.97 Å². The maximum atomic E-state index is 13.3. The third-order valence-electron chi connectivity index (χ3n) is 5.83. The highest BCUT2D eigenvalue weighted by molar-refractivity contribution is 6.08. The van der Waals surface area contributed by atoms with Gasteiger partial charge in [-0.3, -0.25) is 14.6 Å². The fraction of sp³-hybridized carbons (Fsp3) is 0.103. The van der Waals surface area contributed by atoms with Crippen LogP contribution in [0.4, 0.5) is 49.2 Å². The average molecular weight is 647 g/mol. The predicted octanol–water partition coefficient (Wildman–Crippen LogP) is 5.99. The van der Waals surface area contributed by atoms with E-state index in [-0.39, 0.29) is 28.1 Å². The second kappa shape index (κ2) is 12.9. The fourth-order valence-electron chi connectivity index (χ4n) is 3.80. The number of fused-ring (bicyclic) bond motifs is 1. The average Bonchev–Trinajstić information content (AvgIpc) is 2.97. The van der Waals surface area contributed by atoms with E-state index in [4.69, 9.17) is 0 Å². The summed E-state index contributed by atoms with van der Waals surface area (Å²) in [6.07, 6.45) is -7.83. The smallest absolute Gasteiger partial charge is 0.415 e. The van der Waals surface area contributed by atoms with Crippen molar-refractivity contribution in [2.75, 3.05) is 16.0 Å². The lowest BCUT2D eigenvalue weighted by atomic mass is 10.1. The molecule has 4 aromatic rings. The highest BCUT2D eigenvalue weighted by atomic mass is 19.4. The van der Waals surface area contributed by atoms with Crippen molar-refractivity contribution in [2.24, 2.45) is 0 Å². The lowest BCUT2D eigenvalue weighted by molar-refractivity contribution is -0.191. The van der Waals surface area contributed by atoms with E-state index in [0.717, 1.165) is 18.2 Å². The summed E-state index contributed by atoms with van der Waals surface area (Å²) in [5.41, 5.74) is -0.427. The van der Waals surface area contributed by atoms with E-state index < -0.39 is 58.9 Å². The Morgan fingerprint density at radius 3 is 2.07 bits per heavy atom. The molecular formula is C29H19F6N5O6. The van der Waals surface area contributed by atoms with Crippen LogP contribution in [0.25, 0.3) is 10.9 Å². The number of carbonyl (C=O) groups is 4. The number of amides is 2. The number of nitrogens with one attached hydrogen (secondary N) is 3. The zero-order chi connectivity index (χ0) is 33.8. The summed E-state index contributed by atoms with van der Waals surface area (Å²) in [4.78, 5) is 56.8. The van der Waals surface area contributed by atoms with Crippen molar-refractivity contribution >= 4 is 57.5 Å². The second-order valence-corrected chi connectivity index (χ2v) is 9.17. The SMILES string of the molecule is C=CC(=O)Nc1ccc2nccc(Nc3ccc(C(=O)Nc4cc(C)ccn4)c(OC(=O)C(F)(F)F)c3OC(=O)C(F)(F)F)c2c1. The van der Waals surface area contributed by atoms with Gasteiger partial charge in [-0.15, -0.1) is 0 Å². The number of rotatable bonds is 8. The van der Waals surface area contributed by atoms with Crippen LogP contribution in [0.5, 0.6) is 11.5 Å². The number of ether oxygens (including phenoxy) is 2. The number of hydrogen-bond donors (Lipinski definition) is 3. The molecule has 0 saturated heterocycles. The van der Waals surface area contributed by atoms with Gasteiger partial charge in [0.15, 0.2) is 11.5 Å². The summed E-state index contributed by atoms with van der Waals surface area (Å²) < 4.78 is 88.7. The van der Waals surface area contributed by atoms with Crippen LogP contribution in [0.2, 0.25) is 0 Å². The molecule has 0 saturated carbocycles. The van der Waals surface area contributed by atoms with Crippen molar-refractivity contribution < 1.29 is 55.0 Å². The molecule has 0 unspecified atom stereocenters. The Balaban J connectivity index is 1.90. The van der Waals surface area contributed by atoms with E-state index in [1.165, 1.54) is 42.7 Å². The summed E-state index contributed by atoms with van der Waals surface area (Å²) >= 11 is 0. The first-order valence-electron chi connectivity index (χ1n) is 12.6. The van der Waals surface area contributed by atoms with Crippen LogP contribution < -0.4 is 25.4 Å². The summed E-state index contributed by atoms with van der Waals surface area (Å²) in [5, 5.41) is 7.55. The highest BCUT2D eigenvalue weighted by Gasteiger charge is 2.45. The molecule has 2 aromatic carbocycles. The van der Waals surface area contributed by atoms with Crippen LogP contribution in [0, 0.1) is 6.92 Å². The van der Waals surface area contributed by atoms with Crippen LogP contribution >= 0.6 is 0 Å². The molecule has 2 amide bonds. The predicted molar refractivity (Wildman–Crippen MR) is 151 cm³/mol. The van der Waals surface area contributed by atoms with E-state index >= 15 is 0 Å². The number of aryl methyl sites for hydroxylation is 1. The minimum absolute atomic E-state index is 0.0262. The Labute approximate surface area is 254 Å². The number of hydrogen-bond acceptors (Lipinski definition) is 9. The van der Waals surface area contributed by atoms with Crippen molar-refractivity contribution in [1.29, 1.82) is 0 Å². The molecule has 238 valence electrons. The molecule has 0 bridgehead atoms. The molecule has 0 fully saturated rings. The molecule has 0 aliphatic carbocycles. The first kappa shape index (κ1) is 32.9. The van der Waals surface area contributed by atoms with E-state index in [1.807, 2.05) is 0 Å². The number of nitrogens with zero attached hydrogens (tertiary/aromatic N) is 2. The van der Waals surface area contributed by atoms with Gasteiger partial charge in [-0.1, -0.05) is 6.58 Å². The molecule has 4 rings (SSSR count). The number of aromatic nitrogens is 2. The zero-order valence-corrected chi connectivity index (χ0v) is 23.2. The van der Waals surface area contributed by atoms with Crippen molar-refractivity contribution in [3.8, 4) is 11.5 Å². The normalized spacial score (nSPS) is 11.4. The molecule has 17 heteroatoms. The first-order chi connectivity index (χ1) is 21.6. The second-order valence-electron chi connectivity index (χ2n) is 9.17. The van der Waals surface area contributed by atoms with Gasteiger partial charge < -0.3 is 25.4 Å². The maximum Gasteiger partial charge on any atom is 0.491 e. The van der Waals surface area contributed by atoms with Crippen LogP contribution in [0.15, 0.2) is 73.6 Å². The third kappa shape index (κ3) is 7.74. The van der Waals surface area contributed by atoms with E-state index in [2.05, 4.69) is 42.0 Å². The number of esters is 2. The standard InChI is InChI=1S/C29H19F6N5O6/c1-3-22(41)38-15-4-6-18-17(13-15)19(9-11-36-18)39-20-7-5-16(25(42)40-21-12-14(2)8-10-37-21)23(45-26(43)28(30,31)32)24(20)46-27(44)29(33,34)35/h3-13H,1H2,2H3,(H,36,39)(H,38,41)(H,37,40,42). The number of carbonyl (C=O) groups excluding carboxylic acids is 4. The number of anilines is 4. The summed E-state index contributed by atoms with van der Waals surface area (Å²) in [6.45, 7) is 4.96. The first-order valence-corrected chi connectivity index (χ1v) is 12.6. The van der Waals surface area contributed by atoms with E-state index in [1.54, 1.807) is 13.0 Å². The molecule has 0 aliphatic heterocycles. The number of benzene rings is 2. The fourth-order valence-corrected chi connectivity index (χ4v) is 3.80. The molecule has 0 atom stereocenters. The molecule has 2 aromatic heterocycles. The Morgan fingerprint density at radius 2 is 1.43 bits per heavy atom. The minimum atomic E-state index is -5.69. The Hall–Kier alpha value is -6.00. The molecule has 0 aliphatic rings. The van der Waals surface area contributed by atoms with Gasteiger partial charge in [-0.05, 0) is 67.1 Å². The number of halogens is 6. The highest BCUT2D eigenvalue weighted by Crippen LogP contribution is 2.43. The van der Waals surface area contributed by atoms with Crippen LogP contribution in [-0.2, 0) is 14.4 Å². The Bertz CT molecular complexity index is 1880. The minimum Gasteiger partial charge on any atom is -0.415 e. The maximum absolute atomic E-state index is 13.3. The van der Waals surface area contributed by atoms with Gasteiger partial charge in [0.25, 0.3) is 5.91 Å². The van der Waals surface area contributed by atoms with Gasteiger partial charge in [0.05, 0.1) is 16.8 Å². The van der Waals surface area contributed by atoms with Gasteiger partial charge in [0.2, 0.25) is 5.91 Å². The molecule has 3 N–H and O–H groups in total. The molecule has 0 spiro atoms. The summed E-state index contributed by atoms with van der Waals surface area (Å²) in [5.74, 6) is -10.7. The molecule has 46 heavy (non-hydrogen) atoms. The summed E-state index contributed by atoms with van der Waals surface area (Å²) in [7, 11) is 0. The van der Waals surface area contributed by atoms with Crippen LogP contribution in [-0.4, -0.2) is 46.1 Å². The lowest BCUT2D eigenvalue weighted by Gasteiger charge is -2.20. The summed E-state index contributed by atoms with van der Waals surface area (Å²) in [6, 6.07) is 10.3. The quantitative estimate of drug-likeness (QED) is 0.0907. The van der Waals surface area contributed by atoms with Crippen LogP contribution in [0.1, 0.15) is 15.9 Å². The van der Waals surface area contributed by atoms with E-state index in [0.29, 0.717) is 5.56 Å². The topological polar surface area (TPSA) is 149 Å². The number of pyridine rings is 2. The molecule has 11 nitrogen and oxygen atoms in total. The third-order valence-corrected chi connectivity index (χ3v) is 5.83. The molecule has 2 heterocycles. The Morgan fingerprint density at radius 1 is 0.783 bits per heavy atom. The van der Waals surface area contributed by atoms with Crippen molar-refractivity contribution in [3.63, 3.8) is 0 Å². The van der Waals surface area contributed by atoms with E-state index in [9.17, 15) is 45.5 Å². The Kier molecular flexibility index (Phi) is 9.25. The zero-order valence-electron chi connectivity index (χ0n) is 23.2. The van der Waals surface area contributed by atoms with Crippen molar-refractivity contribution in [2.45, 2.75) is 19.3 Å². The van der Waals surface area contributed by atoms with Crippen molar-refractivity contribution in [3.05, 3.63) is 84.7 Å². The van der Waals surface area contributed by atoms with Gasteiger partial charge in [-0.2, -0.15) is 26.3 Å². The largest absolute Gasteiger partial charge is 0.491 e.